The molecule has 1 N–H and O–H groups in total. The average molecular weight is 313 g/mol. The summed E-state index contributed by atoms with van der Waals surface area (Å²) in [6.45, 7) is 0.408. The monoisotopic (exact) mass is 312 g/mol. The van der Waals surface area contributed by atoms with Gasteiger partial charge in [-0.3, -0.25) is 4.79 Å². The molecule has 0 unspecified atom stereocenters. The van der Waals surface area contributed by atoms with Crippen molar-refractivity contribution in [1.82, 2.24) is 20.3 Å². The number of rotatable bonds is 3. The van der Waals surface area contributed by atoms with Crippen LogP contribution in [0.4, 0.5) is 4.39 Å². The van der Waals surface area contributed by atoms with Gasteiger partial charge < -0.3 is 5.32 Å². The molecule has 1 heterocycles. The largest absolute Gasteiger partial charge is 0.354 e. The van der Waals surface area contributed by atoms with Crippen LogP contribution >= 0.6 is 15.9 Å². The van der Waals surface area contributed by atoms with Crippen LogP contribution in [0.2, 0.25) is 0 Å². The molecule has 0 aliphatic rings. The van der Waals surface area contributed by atoms with Crippen LogP contribution in [0.3, 0.4) is 0 Å². The van der Waals surface area contributed by atoms with Gasteiger partial charge in [0.15, 0.2) is 5.69 Å². The van der Waals surface area contributed by atoms with Gasteiger partial charge in [0.05, 0.1) is 12.7 Å². The summed E-state index contributed by atoms with van der Waals surface area (Å²) < 4.78 is 15.1. The van der Waals surface area contributed by atoms with E-state index in [1.165, 1.54) is 30.1 Å². The van der Waals surface area contributed by atoms with Crippen molar-refractivity contribution in [3.63, 3.8) is 0 Å². The number of hydrogen-bond donors (Lipinski definition) is 1. The van der Waals surface area contributed by atoms with E-state index in [9.17, 15) is 9.18 Å². The van der Waals surface area contributed by atoms with Gasteiger partial charge in [-0.25, -0.2) is 9.07 Å². The molecule has 1 amide bonds. The fourth-order valence-electron chi connectivity index (χ4n) is 1.43. The molecule has 0 radical (unpaired) electrons. The van der Waals surface area contributed by atoms with Crippen molar-refractivity contribution in [2.24, 2.45) is 0 Å². The Balaban J connectivity index is 2.18. The van der Waals surface area contributed by atoms with E-state index in [2.05, 4.69) is 31.6 Å². The molecule has 1 aromatic carbocycles. The number of nitrogens with one attached hydrogen (secondary N) is 1. The third-order valence-corrected chi connectivity index (χ3v) is 3.08. The van der Waals surface area contributed by atoms with Crippen molar-refractivity contribution in [2.45, 2.75) is 6.54 Å². The van der Waals surface area contributed by atoms with Crippen LogP contribution in [0.25, 0.3) is 0 Å². The van der Waals surface area contributed by atoms with E-state index < -0.39 is 0 Å². The van der Waals surface area contributed by atoms with Crippen LogP contribution in [-0.4, -0.2) is 27.9 Å². The number of nitrogens with zero attached hydrogens (tertiary/aromatic N) is 3. The molecule has 18 heavy (non-hydrogen) atoms. The topological polar surface area (TPSA) is 59.8 Å². The lowest BCUT2D eigenvalue weighted by molar-refractivity contribution is 0.0958. The molecular formula is C11H10BrFN4O. The molecule has 2 rings (SSSR count). The molecule has 0 atom stereocenters. The van der Waals surface area contributed by atoms with Crippen molar-refractivity contribution in [2.75, 3.05) is 7.05 Å². The Hall–Kier alpha value is -1.76. The van der Waals surface area contributed by atoms with Crippen LogP contribution in [0.5, 0.6) is 0 Å². The van der Waals surface area contributed by atoms with Crippen molar-refractivity contribution < 1.29 is 9.18 Å². The second kappa shape index (κ2) is 5.26. The summed E-state index contributed by atoms with van der Waals surface area (Å²) in [5, 5.41) is 10.0. The lowest BCUT2D eigenvalue weighted by atomic mass is 10.2. The van der Waals surface area contributed by atoms with E-state index in [4.69, 9.17) is 0 Å². The number of benzene rings is 1. The number of halogens is 2. The van der Waals surface area contributed by atoms with Gasteiger partial charge in [-0.1, -0.05) is 27.2 Å². The normalized spacial score (nSPS) is 10.4. The first kappa shape index (κ1) is 12.7. The Morgan fingerprint density at radius 3 is 3.00 bits per heavy atom. The Morgan fingerprint density at radius 1 is 1.56 bits per heavy atom. The third-order valence-electron chi connectivity index (χ3n) is 2.35. The average Bonchev–Trinajstić information content (AvgIpc) is 2.80. The molecule has 7 heteroatoms. The van der Waals surface area contributed by atoms with Crippen molar-refractivity contribution in [3.8, 4) is 0 Å². The highest BCUT2D eigenvalue weighted by atomic mass is 79.9. The Bertz CT molecular complexity index is 584. The predicted octanol–water partition coefficient (Wildman–Crippen LogP) is 1.59. The van der Waals surface area contributed by atoms with Crippen LogP contribution in [0, 0.1) is 5.82 Å². The molecule has 94 valence electrons. The summed E-state index contributed by atoms with van der Waals surface area (Å²) >= 11 is 3.27. The zero-order chi connectivity index (χ0) is 13.1. The van der Waals surface area contributed by atoms with Gasteiger partial charge in [-0.2, -0.15) is 0 Å². The van der Waals surface area contributed by atoms with Gasteiger partial charge in [-0.15, -0.1) is 5.10 Å². The summed E-state index contributed by atoms with van der Waals surface area (Å²) in [6, 6.07) is 4.41. The molecule has 0 fully saturated rings. The molecule has 5 nitrogen and oxygen atoms in total. The Labute approximate surface area is 111 Å². The zero-order valence-corrected chi connectivity index (χ0v) is 11.1. The van der Waals surface area contributed by atoms with E-state index in [1.54, 1.807) is 6.07 Å². The number of aromatic nitrogens is 3. The zero-order valence-electron chi connectivity index (χ0n) is 9.52. The third kappa shape index (κ3) is 2.73. The minimum Gasteiger partial charge on any atom is -0.354 e. The SMILES string of the molecule is CNC(=O)c1cn(Cc2ccc(F)cc2Br)nn1. The van der Waals surface area contributed by atoms with Crippen molar-refractivity contribution in [1.29, 1.82) is 0 Å². The fourth-order valence-corrected chi connectivity index (χ4v) is 1.91. The molecular weight excluding hydrogens is 303 g/mol. The van der Waals surface area contributed by atoms with Gasteiger partial charge in [0, 0.05) is 11.5 Å². The van der Waals surface area contributed by atoms with E-state index >= 15 is 0 Å². The van der Waals surface area contributed by atoms with Crippen LogP contribution in [0.15, 0.2) is 28.9 Å². The maximum Gasteiger partial charge on any atom is 0.273 e. The molecule has 0 aliphatic carbocycles. The van der Waals surface area contributed by atoms with Gasteiger partial charge in [0.2, 0.25) is 0 Å². The van der Waals surface area contributed by atoms with Gasteiger partial charge in [0.25, 0.3) is 5.91 Å². The first-order valence-corrected chi connectivity index (χ1v) is 5.95. The highest BCUT2D eigenvalue weighted by Crippen LogP contribution is 2.18. The maximum absolute atomic E-state index is 12.9. The van der Waals surface area contributed by atoms with Crippen molar-refractivity contribution >= 4 is 21.8 Å². The lowest BCUT2D eigenvalue weighted by Crippen LogP contribution is -2.18. The summed E-state index contributed by atoms with van der Waals surface area (Å²) in [5.74, 6) is -0.602. The molecule has 0 saturated carbocycles. The summed E-state index contributed by atoms with van der Waals surface area (Å²) in [7, 11) is 1.53. The highest BCUT2D eigenvalue weighted by molar-refractivity contribution is 9.10. The number of carbonyl (C=O) groups excluding carboxylic acids is 1. The predicted molar refractivity (Wildman–Crippen MR) is 66.6 cm³/mol. The Morgan fingerprint density at radius 2 is 2.33 bits per heavy atom. The minimum atomic E-state index is -0.310. The molecule has 0 saturated heterocycles. The summed E-state index contributed by atoms with van der Waals surface area (Å²) in [4.78, 5) is 11.3. The Kier molecular flexibility index (Phi) is 3.71. The first-order chi connectivity index (χ1) is 8.60. The lowest BCUT2D eigenvalue weighted by Gasteiger charge is -2.03. The second-order valence-electron chi connectivity index (χ2n) is 3.62. The van der Waals surface area contributed by atoms with E-state index in [-0.39, 0.29) is 17.4 Å². The van der Waals surface area contributed by atoms with Crippen molar-refractivity contribution in [3.05, 3.63) is 45.9 Å². The van der Waals surface area contributed by atoms with Gasteiger partial charge in [-0.05, 0) is 17.7 Å². The maximum atomic E-state index is 12.9. The standard InChI is InChI=1S/C11H10BrFN4O/c1-14-11(18)10-6-17(16-15-10)5-7-2-3-8(13)4-9(7)12/h2-4,6H,5H2,1H3,(H,14,18). The molecule has 0 bridgehead atoms. The summed E-state index contributed by atoms with van der Waals surface area (Å²) in [6.07, 6.45) is 1.54. The smallest absolute Gasteiger partial charge is 0.273 e. The number of hydrogen-bond acceptors (Lipinski definition) is 3. The molecule has 0 spiro atoms. The summed E-state index contributed by atoms with van der Waals surface area (Å²) in [5.41, 5.74) is 1.10. The molecule has 0 aliphatic heterocycles. The van der Waals surface area contributed by atoms with E-state index in [0.717, 1.165) is 5.56 Å². The first-order valence-electron chi connectivity index (χ1n) is 5.16. The van der Waals surface area contributed by atoms with Crippen LogP contribution < -0.4 is 5.32 Å². The highest BCUT2D eigenvalue weighted by Gasteiger charge is 2.09. The fraction of sp³-hybridized carbons (Fsp3) is 0.182. The minimum absolute atomic E-state index is 0.246. The van der Waals surface area contributed by atoms with Crippen LogP contribution in [0.1, 0.15) is 16.1 Å². The number of carbonyl (C=O) groups is 1. The van der Waals surface area contributed by atoms with E-state index in [1.807, 2.05) is 0 Å². The quantitative estimate of drug-likeness (QED) is 0.936. The second-order valence-corrected chi connectivity index (χ2v) is 4.47. The van der Waals surface area contributed by atoms with Gasteiger partial charge >= 0.3 is 0 Å². The van der Waals surface area contributed by atoms with Gasteiger partial charge in [0.1, 0.15) is 5.82 Å². The molecule has 2 aromatic rings. The van der Waals surface area contributed by atoms with Crippen LogP contribution in [-0.2, 0) is 6.54 Å². The molecule has 1 aromatic heterocycles. The van der Waals surface area contributed by atoms with E-state index in [0.29, 0.717) is 11.0 Å². The number of amides is 1.